The third kappa shape index (κ3) is 3.87. The normalized spacial score (nSPS) is 10.7. The lowest BCUT2D eigenvalue weighted by Gasteiger charge is -2.08. The average Bonchev–Trinajstić information content (AvgIpc) is 3.17. The van der Waals surface area contributed by atoms with E-state index in [2.05, 4.69) is 10.3 Å². The molecular weight excluding hydrogens is 369 g/mol. The smallest absolute Gasteiger partial charge is 0.215 e. The van der Waals surface area contributed by atoms with Crippen molar-refractivity contribution < 1.29 is 14.0 Å². The SMILES string of the molecule is O=C(c1ccccc1)c1nnn(Cc2cccc(F)c2)c1C(=O)c1ccccc1. The summed E-state index contributed by atoms with van der Waals surface area (Å²) in [6.45, 7) is 0.112. The molecule has 0 aliphatic carbocycles. The monoisotopic (exact) mass is 385 g/mol. The summed E-state index contributed by atoms with van der Waals surface area (Å²) in [5, 5.41) is 8.04. The second-order valence-corrected chi connectivity index (χ2v) is 6.46. The highest BCUT2D eigenvalue weighted by Gasteiger charge is 2.27. The first-order chi connectivity index (χ1) is 14.1. The third-order valence-electron chi connectivity index (χ3n) is 4.46. The molecule has 0 fully saturated rings. The van der Waals surface area contributed by atoms with Crippen molar-refractivity contribution >= 4 is 11.6 Å². The summed E-state index contributed by atoms with van der Waals surface area (Å²) in [5.41, 5.74) is 1.48. The van der Waals surface area contributed by atoms with Crippen LogP contribution in [-0.4, -0.2) is 26.6 Å². The van der Waals surface area contributed by atoms with Gasteiger partial charge < -0.3 is 0 Å². The van der Waals surface area contributed by atoms with E-state index in [-0.39, 0.29) is 29.5 Å². The summed E-state index contributed by atoms with van der Waals surface area (Å²) in [7, 11) is 0. The first kappa shape index (κ1) is 18.4. The predicted molar refractivity (Wildman–Crippen MR) is 105 cm³/mol. The van der Waals surface area contributed by atoms with E-state index in [0.29, 0.717) is 16.7 Å². The number of ketones is 2. The van der Waals surface area contributed by atoms with E-state index in [9.17, 15) is 14.0 Å². The molecule has 0 atom stereocenters. The molecular formula is C23H16FN3O2. The Morgan fingerprint density at radius 2 is 1.41 bits per heavy atom. The molecule has 0 aliphatic heterocycles. The highest BCUT2D eigenvalue weighted by atomic mass is 19.1. The van der Waals surface area contributed by atoms with Crippen LogP contribution in [0.3, 0.4) is 0 Å². The molecule has 0 unspecified atom stereocenters. The van der Waals surface area contributed by atoms with Crippen LogP contribution in [0.25, 0.3) is 0 Å². The lowest BCUT2D eigenvalue weighted by atomic mass is 10.0. The molecule has 3 aromatic carbocycles. The van der Waals surface area contributed by atoms with Gasteiger partial charge >= 0.3 is 0 Å². The van der Waals surface area contributed by atoms with Crippen LogP contribution in [-0.2, 0) is 6.54 Å². The standard InChI is InChI=1S/C23H16FN3O2/c24-19-13-7-8-16(14-19)15-27-21(23(29)18-11-5-2-6-12-18)20(25-26-27)22(28)17-9-3-1-4-10-17/h1-14H,15H2. The van der Waals surface area contributed by atoms with Gasteiger partial charge in [0.25, 0.3) is 0 Å². The van der Waals surface area contributed by atoms with Crippen molar-refractivity contribution in [2.24, 2.45) is 0 Å². The molecule has 4 aromatic rings. The maximum Gasteiger partial charge on any atom is 0.215 e. The number of aromatic nitrogens is 3. The Morgan fingerprint density at radius 1 is 0.793 bits per heavy atom. The summed E-state index contributed by atoms with van der Waals surface area (Å²) < 4.78 is 14.9. The molecule has 0 saturated heterocycles. The zero-order valence-corrected chi connectivity index (χ0v) is 15.3. The number of hydrogen-bond acceptors (Lipinski definition) is 4. The Labute approximate surface area is 166 Å². The van der Waals surface area contributed by atoms with Crippen LogP contribution in [0, 0.1) is 5.82 Å². The van der Waals surface area contributed by atoms with E-state index in [1.165, 1.54) is 16.8 Å². The number of carbonyl (C=O) groups is 2. The number of hydrogen-bond donors (Lipinski definition) is 0. The van der Waals surface area contributed by atoms with Gasteiger partial charge in [-0.1, -0.05) is 78.0 Å². The van der Waals surface area contributed by atoms with E-state index in [4.69, 9.17) is 0 Å². The van der Waals surface area contributed by atoms with Crippen LogP contribution >= 0.6 is 0 Å². The fourth-order valence-electron chi connectivity index (χ4n) is 3.06. The Kier molecular flexibility index (Phi) is 5.07. The van der Waals surface area contributed by atoms with Gasteiger partial charge in [0.15, 0.2) is 5.69 Å². The fraction of sp³-hybridized carbons (Fsp3) is 0.0435. The van der Waals surface area contributed by atoms with E-state index in [1.54, 1.807) is 72.8 Å². The molecule has 1 heterocycles. The summed E-state index contributed by atoms with van der Waals surface area (Å²) in [6.07, 6.45) is 0. The van der Waals surface area contributed by atoms with Gasteiger partial charge in [-0.3, -0.25) is 9.59 Å². The Morgan fingerprint density at radius 3 is 2.03 bits per heavy atom. The minimum absolute atomic E-state index is 0.0264. The maximum atomic E-state index is 13.6. The van der Waals surface area contributed by atoms with Crippen LogP contribution in [0.15, 0.2) is 84.9 Å². The van der Waals surface area contributed by atoms with Crippen LogP contribution in [0.5, 0.6) is 0 Å². The number of nitrogens with zero attached hydrogens (tertiary/aromatic N) is 3. The molecule has 0 aliphatic rings. The minimum Gasteiger partial charge on any atom is -0.287 e. The van der Waals surface area contributed by atoms with Crippen molar-refractivity contribution in [3.05, 3.63) is 119 Å². The minimum atomic E-state index is -0.393. The van der Waals surface area contributed by atoms with Crippen molar-refractivity contribution in [1.29, 1.82) is 0 Å². The molecule has 0 spiro atoms. The van der Waals surface area contributed by atoms with Crippen molar-refractivity contribution in [1.82, 2.24) is 15.0 Å². The van der Waals surface area contributed by atoms with Gasteiger partial charge in [-0.05, 0) is 17.7 Å². The molecule has 4 rings (SSSR count). The summed E-state index contributed by atoms with van der Waals surface area (Å²) in [5.74, 6) is -1.15. The van der Waals surface area contributed by atoms with Gasteiger partial charge in [0.05, 0.1) is 6.54 Å². The van der Waals surface area contributed by atoms with Crippen molar-refractivity contribution in [3.63, 3.8) is 0 Å². The second kappa shape index (κ2) is 7.98. The van der Waals surface area contributed by atoms with Gasteiger partial charge in [-0.2, -0.15) is 0 Å². The Hall–Kier alpha value is -3.93. The van der Waals surface area contributed by atoms with Crippen molar-refractivity contribution in [2.75, 3.05) is 0 Å². The van der Waals surface area contributed by atoms with Gasteiger partial charge in [0.1, 0.15) is 11.5 Å². The second-order valence-electron chi connectivity index (χ2n) is 6.46. The Balaban J connectivity index is 1.80. The zero-order valence-electron chi connectivity index (χ0n) is 15.3. The zero-order chi connectivity index (χ0) is 20.2. The average molecular weight is 385 g/mol. The molecule has 0 amide bonds. The summed E-state index contributed by atoms with van der Waals surface area (Å²) in [6, 6.07) is 23.2. The topological polar surface area (TPSA) is 64.8 Å². The first-order valence-electron chi connectivity index (χ1n) is 9.01. The lowest BCUT2D eigenvalue weighted by molar-refractivity contribution is 0.0995. The molecule has 0 radical (unpaired) electrons. The van der Waals surface area contributed by atoms with Crippen LogP contribution in [0.4, 0.5) is 4.39 Å². The van der Waals surface area contributed by atoms with Crippen LogP contribution < -0.4 is 0 Å². The number of carbonyl (C=O) groups excluding carboxylic acids is 2. The molecule has 6 heteroatoms. The Bertz CT molecular complexity index is 1170. The van der Waals surface area contributed by atoms with E-state index in [0.717, 1.165) is 0 Å². The van der Waals surface area contributed by atoms with E-state index < -0.39 is 5.78 Å². The number of benzene rings is 3. The van der Waals surface area contributed by atoms with E-state index in [1.807, 2.05) is 0 Å². The molecule has 0 N–H and O–H groups in total. The van der Waals surface area contributed by atoms with Gasteiger partial charge in [0.2, 0.25) is 11.6 Å². The maximum absolute atomic E-state index is 13.6. The summed E-state index contributed by atoms with van der Waals surface area (Å²) in [4.78, 5) is 26.2. The molecule has 5 nitrogen and oxygen atoms in total. The molecule has 0 bridgehead atoms. The lowest BCUT2D eigenvalue weighted by Crippen LogP contribution is -2.16. The van der Waals surface area contributed by atoms with Gasteiger partial charge in [0, 0.05) is 11.1 Å². The van der Waals surface area contributed by atoms with Gasteiger partial charge in [-0.25, -0.2) is 9.07 Å². The first-order valence-corrected chi connectivity index (χ1v) is 9.01. The number of halogens is 1. The molecule has 29 heavy (non-hydrogen) atoms. The van der Waals surface area contributed by atoms with Gasteiger partial charge in [-0.15, -0.1) is 5.10 Å². The van der Waals surface area contributed by atoms with Crippen LogP contribution in [0.1, 0.15) is 37.7 Å². The van der Waals surface area contributed by atoms with Crippen molar-refractivity contribution in [3.8, 4) is 0 Å². The molecule has 1 aromatic heterocycles. The van der Waals surface area contributed by atoms with Crippen molar-refractivity contribution in [2.45, 2.75) is 6.54 Å². The molecule has 142 valence electrons. The largest absolute Gasteiger partial charge is 0.287 e. The third-order valence-corrected chi connectivity index (χ3v) is 4.46. The fourth-order valence-corrected chi connectivity index (χ4v) is 3.06. The van der Waals surface area contributed by atoms with Crippen LogP contribution in [0.2, 0.25) is 0 Å². The predicted octanol–water partition coefficient (Wildman–Crippen LogP) is 3.93. The number of rotatable bonds is 6. The quantitative estimate of drug-likeness (QED) is 0.472. The highest BCUT2D eigenvalue weighted by Crippen LogP contribution is 2.18. The summed E-state index contributed by atoms with van der Waals surface area (Å²) >= 11 is 0. The van der Waals surface area contributed by atoms with E-state index >= 15 is 0 Å². The molecule has 0 saturated carbocycles. The highest BCUT2D eigenvalue weighted by molar-refractivity contribution is 6.17.